The molecular formula is C8H12N2O4S2. The summed E-state index contributed by atoms with van der Waals surface area (Å²) in [7, 11) is -2.29. The van der Waals surface area contributed by atoms with Gasteiger partial charge in [0.15, 0.2) is 4.21 Å². The summed E-state index contributed by atoms with van der Waals surface area (Å²) >= 11 is 1.08. The van der Waals surface area contributed by atoms with Crippen LogP contribution in [0.2, 0.25) is 0 Å². The van der Waals surface area contributed by atoms with Crippen molar-refractivity contribution < 1.29 is 17.9 Å². The van der Waals surface area contributed by atoms with Gasteiger partial charge in [0.2, 0.25) is 0 Å². The van der Waals surface area contributed by atoms with E-state index in [0.29, 0.717) is 5.01 Å². The van der Waals surface area contributed by atoms with Crippen molar-refractivity contribution >= 4 is 27.3 Å². The number of nitrogens with one attached hydrogen (secondary N) is 1. The number of thiazole rings is 1. The van der Waals surface area contributed by atoms with Gasteiger partial charge in [-0.15, -0.1) is 11.3 Å². The highest BCUT2D eigenvalue weighted by atomic mass is 32.2. The molecule has 8 heteroatoms. The molecule has 1 N–H and O–H groups in total. The summed E-state index contributed by atoms with van der Waals surface area (Å²) < 4.78 is 30.1. The van der Waals surface area contributed by atoms with E-state index in [1.54, 1.807) is 6.92 Å². The van der Waals surface area contributed by atoms with Gasteiger partial charge in [-0.05, 0) is 6.92 Å². The molecule has 0 bridgehead atoms. The number of nitrogens with zero attached hydrogens (tertiary/aromatic N) is 1. The lowest BCUT2D eigenvalue weighted by atomic mass is 10.4. The summed E-state index contributed by atoms with van der Waals surface area (Å²) in [5.41, 5.74) is 0. The molecule has 0 spiro atoms. The SMILES string of the molecule is COC(=O)CCNS(=O)(=O)c1cnc(C)s1. The second-order valence-electron chi connectivity index (χ2n) is 2.92. The molecule has 1 heterocycles. The van der Waals surface area contributed by atoms with Gasteiger partial charge in [-0.2, -0.15) is 0 Å². The molecule has 90 valence electrons. The number of carbonyl (C=O) groups excluding carboxylic acids is 1. The molecule has 1 rings (SSSR count). The standard InChI is InChI=1S/C8H12N2O4S2/c1-6-9-5-8(15-6)16(12,13)10-4-3-7(11)14-2/h5,10H,3-4H2,1-2H3. The fourth-order valence-corrected chi connectivity index (χ4v) is 3.11. The van der Waals surface area contributed by atoms with Crippen LogP contribution in [-0.4, -0.2) is 33.0 Å². The predicted octanol–water partition coefficient (Wildman–Crippen LogP) is 0.293. The Bertz CT molecular complexity index is 466. The van der Waals surface area contributed by atoms with Crippen LogP contribution < -0.4 is 4.72 Å². The molecule has 0 atom stereocenters. The zero-order valence-corrected chi connectivity index (χ0v) is 10.5. The molecule has 1 aromatic rings. The van der Waals surface area contributed by atoms with Gasteiger partial charge in [-0.3, -0.25) is 4.79 Å². The molecule has 0 radical (unpaired) electrons. The Labute approximate surface area is 97.7 Å². The highest BCUT2D eigenvalue weighted by molar-refractivity contribution is 7.91. The van der Waals surface area contributed by atoms with Gasteiger partial charge in [-0.1, -0.05) is 0 Å². The second kappa shape index (κ2) is 5.37. The van der Waals surface area contributed by atoms with Crippen molar-refractivity contribution in [1.82, 2.24) is 9.71 Å². The van der Waals surface area contributed by atoms with Crippen molar-refractivity contribution in [2.75, 3.05) is 13.7 Å². The number of carbonyl (C=O) groups is 1. The zero-order valence-electron chi connectivity index (χ0n) is 8.89. The summed E-state index contributed by atoms with van der Waals surface area (Å²) in [6.07, 6.45) is 1.30. The third-order valence-electron chi connectivity index (χ3n) is 1.71. The first-order chi connectivity index (χ1) is 7.45. The van der Waals surface area contributed by atoms with Gasteiger partial charge < -0.3 is 4.74 Å². The molecule has 6 nitrogen and oxygen atoms in total. The molecule has 0 aliphatic carbocycles. The Balaban J connectivity index is 2.56. The average Bonchev–Trinajstić information content (AvgIpc) is 2.65. The van der Waals surface area contributed by atoms with Gasteiger partial charge in [-0.25, -0.2) is 18.1 Å². The lowest BCUT2D eigenvalue weighted by Gasteiger charge is -2.02. The van der Waals surface area contributed by atoms with Crippen LogP contribution in [0.4, 0.5) is 0 Å². The van der Waals surface area contributed by atoms with E-state index in [-0.39, 0.29) is 17.2 Å². The number of ether oxygens (including phenoxy) is 1. The molecule has 16 heavy (non-hydrogen) atoms. The Kier molecular flexibility index (Phi) is 4.39. The molecule has 0 saturated carbocycles. The number of sulfonamides is 1. The van der Waals surface area contributed by atoms with Crippen LogP contribution in [-0.2, 0) is 19.6 Å². The molecule has 1 aromatic heterocycles. The maximum Gasteiger partial charge on any atom is 0.306 e. The van der Waals surface area contributed by atoms with Gasteiger partial charge in [0.05, 0.1) is 24.7 Å². The summed E-state index contributed by atoms with van der Waals surface area (Å²) in [6, 6.07) is 0. The van der Waals surface area contributed by atoms with Crippen LogP contribution in [0.1, 0.15) is 11.4 Å². The lowest BCUT2D eigenvalue weighted by molar-refractivity contribution is -0.140. The van der Waals surface area contributed by atoms with Crippen LogP contribution in [0, 0.1) is 6.92 Å². The van der Waals surface area contributed by atoms with Crippen molar-refractivity contribution in [3.63, 3.8) is 0 Å². The molecule has 0 amide bonds. The van der Waals surface area contributed by atoms with Gasteiger partial charge in [0, 0.05) is 6.54 Å². The summed E-state index contributed by atoms with van der Waals surface area (Å²) in [5.74, 6) is -0.455. The number of hydrogen-bond acceptors (Lipinski definition) is 6. The Morgan fingerprint density at radius 1 is 1.62 bits per heavy atom. The third kappa shape index (κ3) is 3.54. The van der Waals surface area contributed by atoms with E-state index >= 15 is 0 Å². The topological polar surface area (TPSA) is 85.4 Å². The molecular weight excluding hydrogens is 252 g/mol. The highest BCUT2D eigenvalue weighted by Gasteiger charge is 2.16. The average molecular weight is 264 g/mol. The zero-order chi connectivity index (χ0) is 12.2. The normalized spacial score (nSPS) is 11.4. The first-order valence-corrected chi connectivity index (χ1v) is 6.74. The van der Waals surface area contributed by atoms with Crippen molar-refractivity contribution in [1.29, 1.82) is 0 Å². The number of aromatic nitrogens is 1. The van der Waals surface area contributed by atoms with E-state index in [0.717, 1.165) is 11.3 Å². The summed E-state index contributed by atoms with van der Waals surface area (Å²) in [5, 5.41) is 0.674. The van der Waals surface area contributed by atoms with E-state index in [9.17, 15) is 13.2 Å². The van der Waals surface area contributed by atoms with Crippen molar-refractivity contribution in [3.05, 3.63) is 11.2 Å². The van der Waals surface area contributed by atoms with E-state index in [1.165, 1.54) is 13.3 Å². The fourth-order valence-electron chi connectivity index (χ4n) is 0.927. The molecule has 0 fully saturated rings. The van der Waals surface area contributed by atoms with Crippen molar-refractivity contribution in [2.45, 2.75) is 17.6 Å². The number of aryl methyl sites for hydroxylation is 1. The fraction of sp³-hybridized carbons (Fsp3) is 0.500. The van der Waals surface area contributed by atoms with Crippen LogP contribution in [0.15, 0.2) is 10.4 Å². The highest BCUT2D eigenvalue weighted by Crippen LogP contribution is 2.17. The van der Waals surface area contributed by atoms with E-state index in [1.807, 2.05) is 0 Å². The first kappa shape index (κ1) is 13.1. The molecule has 0 aliphatic rings. The predicted molar refractivity (Wildman–Crippen MR) is 58.7 cm³/mol. The third-order valence-corrected chi connectivity index (χ3v) is 4.55. The number of rotatable bonds is 5. The Morgan fingerprint density at radius 3 is 2.81 bits per heavy atom. The summed E-state index contributed by atoms with van der Waals surface area (Å²) in [4.78, 5) is 14.6. The van der Waals surface area contributed by atoms with Crippen LogP contribution in [0.5, 0.6) is 0 Å². The minimum Gasteiger partial charge on any atom is -0.469 e. The molecule has 0 aliphatic heterocycles. The van der Waals surface area contributed by atoms with Crippen LogP contribution in [0.25, 0.3) is 0 Å². The first-order valence-electron chi connectivity index (χ1n) is 4.44. The minimum atomic E-state index is -3.55. The van der Waals surface area contributed by atoms with Crippen molar-refractivity contribution in [3.8, 4) is 0 Å². The summed E-state index contributed by atoms with van der Waals surface area (Å²) in [6.45, 7) is 1.74. The molecule has 0 saturated heterocycles. The Morgan fingerprint density at radius 2 is 2.31 bits per heavy atom. The molecule has 0 unspecified atom stereocenters. The molecule has 0 aromatic carbocycles. The monoisotopic (exact) mass is 264 g/mol. The van der Waals surface area contributed by atoms with Crippen LogP contribution >= 0.6 is 11.3 Å². The number of methoxy groups -OCH3 is 1. The maximum absolute atomic E-state index is 11.6. The lowest BCUT2D eigenvalue weighted by Crippen LogP contribution is -2.25. The van der Waals surface area contributed by atoms with E-state index in [4.69, 9.17) is 0 Å². The van der Waals surface area contributed by atoms with E-state index in [2.05, 4.69) is 14.4 Å². The second-order valence-corrected chi connectivity index (χ2v) is 6.15. The van der Waals surface area contributed by atoms with Gasteiger partial charge >= 0.3 is 5.97 Å². The van der Waals surface area contributed by atoms with Crippen LogP contribution in [0.3, 0.4) is 0 Å². The van der Waals surface area contributed by atoms with E-state index < -0.39 is 16.0 Å². The number of esters is 1. The van der Waals surface area contributed by atoms with Gasteiger partial charge in [0.1, 0.15) is 0 Å². The quantitative estimate of drug-likeness (QED) is 0.773. The van der Waals surface area contributed by atoms with Crippen molar-refractivity contribution in [2.24, 2.45) is 0 Å². The minimum absolute atomic E-state index is 0.00746. The maximum atomic E-state index is 11.6. The van der Waals surface area contributed by atoms with Gasteiger partial charge in [0.25, 0.3) is 10.0 Å². The Hall–Kier alpha value is -0.990. The number of hydrogen-bond donors (Lipinski definition) is 1. The smallest absolute Gasteiger partial charge is 0.306 e. The largest absolute Gasteiger partial charge is 0.469 e.